The molecule has 3 nitrogen and oxygen atoms in total. The van der Waals surface area contributed by atoms with Crippen molar-refractivity contribution in [1.82, 2.24) is 4.98 Å². The van der Waals surface area contributed by atoms with E-state index in [-0.39, 0.29) is 11.8 Å². The van der Waals surface area contributed by atoms with E-state index in [1.165, 1.54) is 17.8 Å². The van der Waals surface area contributed by atoms with Crippen LogP contribution in [0.25, 0.3) is 11.3 Å². The predicted molar refractivity (Wildman–Crippen MR) is 87.8 cm³/mol. The molecule has 0 saturated heterocycles. The summed E-state index contributed by atoms with van der Waals surface area (Å²) in [4.78, 5) is 16.7. The lowest BCUT2D eigenvalue weighted by Crippen LogP contribution is -2.24. The summed E-state index contributed by atoms with van der Waals surface area (Å²) in [5, 5.41) is 6.20. The Balaban J connectivity index is 1.70. The van der Waals surface area contributed by atoms with Crippen molar-refractivity contribution in [1.29, 1.82) is 0 Å². The highest BCUT2D eigenvalue weighted by molar-refractivity contribution is 7.14. The summed E-state index contributed by atoms with van der Waals surface area (Å²) in [6, 6.07) is 7.60. The summed E-state index contributed by atoms with van der Waals surface area (Å²) >= 11 is 7.62. The zero-order valence-corrected chi connectivity index (χ0v) is 13.2. The maximum Gasteiger partial charge on any atom is 0.229 e. The molecule has 0 radical (unpaired) electrons. The third kappa shape index (κ3) is 3.44. The highest BCUT2D eigenvalue weighted by Gasteiger charge is 2.22. The largest absolute Gasteiger partial charge is 0.302 e. The number of thiazole rings is 1. The van der Waals surface area contributed by atoms with Crippen LogP contribution in [0.4, 0.5) is 5.13 Å². The Bertz CT molecular complexity index is 635. The van der Waals surface area contributed by atoms with Crippen LogP contribution in [0.5, 0.6) is 0 Å². The number of carbonyl (C=O) groups is 1. The Morgan fingerprint density at radius 2 is 2.00 bits per heavy atom. The van der Waals surface area contributed by atoms with Gasteiger partial charge in [-0.2, -0.15) is 0 Å². The average molecular weight is 321 g/mol. The second-order valence-corrected chi connectivity index (χ2v) is 6.61. The van der Waals surface area contributed by atoms with E-state index in [1.54, 1.807) is 0 Å². The number of carbonyl (C=O) groups excluding carboxylic acids is 1. The fraction of sp³-hybridized carbons (Fsp3) is 0.375. The van der Waals surface area contributed by atoms with Gasteiger partial charge < -0.3 is 5.32 Å². The van der Waals surface area contributed by atoms with Crippen molar-refractivity contribution in [3.63, 3.8) is 0 Å². The van der Waals surface area contributed by atoms with Gasteiger partial charge >= 0.3 is 0 Å². The SMILES string of the molecule is O=C(Nc1nc(-c2ccccc2Cl)cs1)C1CCCCC1. The summed E-state index contributed by atoms with van der Waals surface area (Å²) in [7, 11) is 0. The number of rotatable bonds is 3. The van der Waals surface area contributed by atoms with Crippen LogP contribution in [-0.2, 0) is 4.79 Å². The van der Waals surface area contributed by atoms with Gasteiger partial charge in [0.05, 0.1) is 5.69 Å². The predicted octanol–water partition coefficient (Wildman–Crippen LogP) is 4.98. The van der Waals surface area contributed by atoms with Crippen LogP contribution < -0.4 is 5.32 Å². The maximum atomic E-state index is 12.2. The molecular weight excluding hydrogens is 304 g/mol. The van der Waals surface area contributed by atoms with Gasteiger partial charge in [0.15, 0.2) is 5.13 Å². The molecule has 1 saturated carbocycles. The zero-order valence-electron chi connectivity index (χ0n) is 11.6. The number of nitrogens with zero attached hydrogens (tertiary/aromatic N) is 1. The van der Waals surface area contributed by atoms with E-state index in [9.17, 15) is 4.79 Å². The van der Waals surface area contributed by atoms with Crippen molar-refractivity contribution in [3.05, 3.63) is 34.7 Å². The van der Waals surface area contributed by atoms with E-state index < -0.39 is 0 Å². The topological polar surface area (TPSA) is 42.0 Å². The molecule has 0 atom stereocenters. The van der Waals surface area contributed by atoms with Crippen LogP contribution >= 0.6 is 22.9 Å². The van der Waals surface area contributed by atoms with Crippen molar-refractivity contribution >= 4 is 34.0 Å². The van der Waals surface area contributed by atoms with Crippen molar-refractivity contribution in [3.8, 4) is 11.3 Å². The van der Waals surface area contributed by atoms with Crippen LogP contribution in [0.1, 0.15) is 32.1 Å². The van der Waals surface area contributed by atoms with Crippen molar-refractivity contribution in [2.24, 2.45) is 5.92 Å². The molecule has 1 heterocycles. The molecule has 1 fully saturated rings. The quantitative estimate of drug-likeness (QED) is 0.866. The number of benzene rings is 1. The maximum absolute atomic E-state index is 12.2. The van der Waals surface area contributed by atoms with E-state index in [4.69, 9.17) is 11.6 Å². The van der Waals surface area contributed by atoms with E-state index in [1.807, 2.05) is 29.6 Å². The Morgan fingerprint density at radius 3 is 2.76 bits per heavy atom. The summed E-state index contributed by atoms with van der Waals surface area (Å²) in [5.74, 6) is 0.251. The average Bonchev–Trinajstić information content (AvgIpc) is 2.97. The fourth-order valence-corrected chi connectivity index (χ4v) is 3.64. The molecule has 1 aromatic carbocycles. The number of hydrogen-bond acceptors (Lipinski definition) is 3. The van der Waals surface area contributed by atoms with E-state index >= 15 is 0 Å². The normalized spacial score (nSPS) is 15.9. The lowest BCUT2D eigenvalue weighted by atomic mass is 9.89. The highest BCUT2D eigenvalue weighted by Crippen LogP contribution is 2.31. The molecular formula is C16H17ClN2OS. The minimum Gasteiger partial charge on any atom is -0.302 e. The molecule has 0 aliphatic heterocycles. The number of nitrogens with one attached hydrogen (secondary N) is 1. The van der Waals surface area contributed by atoms with Gasteiger partial charge in [-0.1, -0.05) is 49.1 Å². The van der Waals surface area contributed by atoms with Gasteiger partial charge in [0, 0.05) is 21.9 Å². The lowest BCUT2D eigenvalue weighted by molar-refractivity contribution is -0.120. The molecule has 0 spiro atoms. The standard InChI is InChI=1S/C16H17ClN2OS/c17-13-9-5-4-8-12(13)14-10-21-16(18-14)19-15(20)11-6-2-1-3-7-11/h4-5,8-11H,1-3,6-7H2,(H,18,19,20). The van der Waals surface area contributed by atoms with Crippen molar-refractivity contribution in [2.45, 2.75) is 32.1 Å². The third-order valence-corrected chi connectivity index (χ3v) is 4.95. The second-order valence-electron chi connectivity index (χ2n) is 5.34. The summed E-state index contributed by atoms with van der Waals surface area (Å²) in [6.07, 6.45) is 5.54. The number of hydrogen-bond donors (Lipinski definition) is 1. The summed E-state index contributed by atoms with van der Waals surface area (Å²) < 4.78 is 0. The number of amides is 1. The molecule has 110 valence electrons. The van der Waals surface area contributed by atoms with Crippen LogP contribution in [0, 0.1) is 5.92 Å². The fourth-order valence-electron chi connectivity index (χ4n) is 2.70. The Labute approximate surface area is 133 Å². The van der Waals surface area contributed by atoms with Crippen LogP contribution in [0.2, 0.25) is 5.02 Å². The first-order valence-corrected chi connectivity index (χ1v) is 8.51. The number of anilines is 1. The Kier molecular flexibility index (Phi) is 4.56. The molecule has 3 rings (SSSR count). The third-order valence-electron chi connectivity index (χ3n) is 3.86. The number of halogens is 1. The van der Waals surface area contributed by atoms with Gasteiger partial charge in [-0.3, -0.25) is 4.79 Å². The molecule has 1 N–H and O–H groups in total. The Hall–Kier alpha value is -1.39. The van der Waals surface area contributed by atoms with Crippen molar-refractivity contribution in [2.75, 3.05) is 5.32 Å². The molecule has 5 heteroatoms. The van der Waals surface area contributed by atoms with E-state index in [0.29, 0.717) is 10.2 Å². The zero-order chi connectivity index (χ0) is 14.7. The first kappa shape index (κ1) is 14.5. The first-order chi connectivity index (χ1) is 10.2. The molecule has 1 aliphatic rings. The van der Waals surface area contributed by atoms with Gasteiger partial charge in [0.1, 0.15) is 0 Å². The van der Waals surface area contributed by atoms with E-state index in [2.05, 4.69) is 10.3 Å². The highest BCUT2D eigenvalue weighted by atomic mass is 35.5. The molecule has 1 aromatic heterocycles. The lowest BCUT2D eigenvalue weighted by Gasteiger charge is -2.19. The minimum atomic E-state index is 0.106. The van der Waals surface area contributed by atoms with E-state index in [0.717, 1.165) is 36.9 Å². The van der Waals surface area contributed by atoms with Gasteiger partial charge in [0.25, 0.3) is 0 Å². The van der Waals surface area contributed by atoms with Gasteiger partial charge in [-0.25, -0.2) is 4.98 Å². The van der Waals surface area contributed by atoms with Gasteiger partial charge in [0.2, 0.25) is 5.91 Å². The first-order valence-electron chi connectivity index (χ1n) is 7.25. The molecule has 0 unspecified atom stereocenters. The smallest absolute Gasteiger partial charge is 0.229 e. The minimum absolute atomic E-state index is 0.106. The molecule has 1 aliphatic carbocycles. The molecule has 0 bridgehead atoms. The van der Waals surface area contributed by atoms with Crippen LogP contribution in [0.3, 0.4) is 0 Å². The number of aromatic nitrogens is 1. The monoisotopic (exact) mass is 320 g/mol. The van der Waals surface area contributed by atoms with Crippen LogP contribution in [0.15, 0.2) is 29.6 Å². The molecule has 1 amide bonds. The second kappa shape index (κ2) is 6.58. The molecule has 21 heavy (non-hydrogen) atoms. The Morgan fingerprint density at radius 1 is 1.24 bits per heavy atom. The van der Waals surface area contributed by atoms with Gasteiger partial charge in [-0.15, -0.1) is 11.3 Å². The summed E-state index contributed by atoms with van der Waals surface area (Å²) in [5.41, 5.74) is 1.71. The van der Waals surface area contributed by atoms with Crippen molar-refractivity contribution < 1.29 is 4.79 Å². The van der Waals surface area contributed by atoms with Crippen LogP contribution in [-0.4, -0.2) is 10.9 Å². The van der Waals surface area contributed by atoms with Gasteiger partial charge in [-0.05, 0) is 18.9 Å². The molecule has 2 aromatic rings. The summed E-state index contributed by atoms with van der Waals surface area (Å²) in [6.45, 7) is 0.